The molecule has 0 aliphatic carbocycles. The van der Waals surface area contributed by atoms with Crippen LogP contribution in [0.5, 0.6) is 5.75 Å². The molecule has 1 aliphatic rings. The minimum Gasteiger partial charge on any atom is -0.479 e. The highest BCUT2D eigenvalue weighted by molar-refractivity contribution is 8.18. The lowest BCUT2D eigenvalue weighted by Crippen LogP contribution is -2.23. The van der Waals surface area contributed by atoms with E-state index in [2.05, 4.69) is 9.98 Å². The number of carbonyl (C=O) groups excluding carboxylic acids is 1. The maximum absolute atomic E-state index is 12.5. The third-order valence-electron chi connectivity index (χ3n) is 3.62. The first-order valence-corrected chi connectivity index (χ1v) is 9.71. The number of aliphatic carboxylic acids is 1. The van der Waals surface area contributed by atoms with Gasteiger partial charge in [0.15, 0.2) is 11.3 Å². The average molecular weight is 403 g/mol. The molecule has 1 aromatic carbocycles. The number of carboxylic acid groups (broad SMARTS) is 1. The monoisotopic (exact) mass is 403 g/mol. The molecule has 1 fully saturated rings. The van der Waals surface area contributed by atoms with E-state index < -0.39 is 12.1 Å². The van der Waals surface area contributed by atoms with Crippen molar-refractivity contribution in [1.82, 2.24) is 9.88 Å². The number of thioether (sulfide) groups is 1. The van der Waals surface area contributed by atoms with Crippen LogP contribution >= 0.6 is 23.1 Å². The van der Waals surface area contributed by atoms with Crippen molar-refractivity contribution in [3.8, 4) is 5.75 Å². The van der Waals surface area contributed by atoms with Crippen molar-refractivity contribution in [2.75, 3.05) is 7.05 Å². The van der Waals surface area contributed by atoms with E-state index in [-0.39, 0.29) is 5.91 Å². The number of thiazole rings is 1. The quantitative estimate of drug-likeness (QED) is 0.768. The van der Waals surface area contributed by atoms with Gasteiger partial charge in [-0.2, -0.15) is 4.99 Å². The first-order valence-electron chi connectivity index (χ1n) is 8.01. The van der Waals surface area contributed by atoms with Crippen molar-refractivity contribution < 1.29 is 19.4 Å². The van der Waals surface area contributed by atoms with E-state index in [1.807, 2.05) is 18.4 Å². The van der Waals surface area contributed by atoms with Crippen LogP contribution in [0.4, 0.5) is 5.13 Å². The van der Waals surface area contributed by atoms with Crippen molar-refractivity contribution in [3.63, 3.8) is 0 Å². The van der Waals surface area contributed by atoms with Crippen LogP contribution in [0.1, 0.15) is 18.2 Å². The Labute approximate surface area is 164 Å². The van der Waals surface area contributed by atoms with Gasteiger partial charge in [0, 0.05) is 12.4 Å². The number of likely N-dealkylation sites (N-methyl/N-ethyl adjacent to an activating group) is 1. The van der Waals surface area contributed by atoms with Gasteiger partial charge in [-0.15, -0.1) is 11.3 Å². The number of benzene rings is 1. The van der Waals surface area contributed by atoms with Gasteiger partial charge in [0.05, 0.1) is 10.6 Å². The summed E-state index contributed by atoms with van der Waals surface area (Å²) in [6, 6.07) is 6.93. The number of amides is 1. The molecule has 1 N–H and O–H groups in total. The number of aromatic nitrogens is 1. The van der Waals surface area contributed by atoms with Gasteiger partial charge in [-0.05, 0) is 49.4 Å². The average Bonchev–Trinajstić information content (AvgIpc) is 3.14. The maximum atomic E-state index is 12.5. The van der Waals surface area contributed by atoms with E-state index >= 15 is 0 Å². The second-order valence-electron chi connectivity index (χ2n) is 5.81. The summed E-state index contributed by atoms with van der Waals surface area (Å²) in [4.78, 5) is 34.2. The van der Waals surface area contributed by atoms with E-state index in [4.69, 9.17) is 9.84 Å². The van der Waals surface area contributed by atoms with Crippen LogP contribution in [0.3, 0.4) is 0 Å². The Morgan fingerprint density at radius 2 is 2.22 bits per heavy atom. The zero-order valence-corrected chi connectivity index (χ0v) is 16.5. The van der Waals surface area contributed by atoms with Crippen LogP contribution in [0, 0.1) is 6.92 Å². The summed E-state index contributed by atoms with van der Waals surface area (Å²) in [5.41, 5.74) is 1.63. The molecule has 0 spiro atoms. The van der Waals surface area contributed by atoms with E-state index in [0.717, 1.165) is 11.3 Å². The van der Waals surface area contributed by atoms with Crippen LogP contribution in [0.15, 0.2) is 39.5 Å². The van der Waals surface area contributed by atoms with Gasteiger partial charge in [0.25, 0.3) is 5.91 Å². The van der Waals surface area contributed by atoms with E-state index in [9.17, 15) is 9.59 Å². The molecular weight excluding hydrogens is 386 g/mol. The predicted octanol–water partition coefficient (Wildman–Crippen LogP) is 3.54. The minimum atomic E-state index is -1.04. The van der Waals surface area contributed by atoms with E-state index in [1.54, 1.807) is 31.3 Å². The Balaban J connectivity index is 1.82. The minimum absolute atomic E-state index is 0.155. The Hall–Kier alpha value is -2.65. The molecule has 2 heterocycles. The topological polar surface area (TPSA) is 92.1 Å². The molecular formula is C18H17N3O4S2. The first-order chi connectivity index (χ1) is 12.8. The molecule has 0 saturated carbocycles. The van der Waals surface area contributed by atoms with Gasteiger partial charge in [-0.3, -0.25) is 9.69 Å². The summed E-state index contributed by atoms with van der Waals surface area (Å²) >= 11 is 2.69. The number of carboxylic acids is 1. The number of nitrogens with zero attached hydrogens (tertiary/aromatic N) is 3. The van der Waals surface area contributed by atoms with E-state index in [1.165, 1.54) is 34.9 Å². The number of hydrogen-bond donors (Lipinski definition) is 1. The van der Waals surface area contributed by atoms with Crippen molar-refractivity contribution in [2.45, 2.75) is 20.0 Å². The highest BCUT2D eigenvalue weighted by atomic mass is 32.2. The van der Waals surface area contributed by atoms with Crippen LogP contribution in [0.2, 0.25) is 0 Å². The number of amidine groups is 1. The smallest absolute Gasteiger partial charge is 0.344 e. The number of carbonyl (C=O) groups is 2. The fourth-order valence-electron chi connectivity index (χ4n) is 2.21. The highest BCUT2D eigenvalue weighted by Crippen LogP contribution is 2.34. The van der Waals surface area contributed by atoms with Crippen LogP contribution < -0.4 is 4.74 Å². The molecule has 3 rings (SSSR count). The molecule has 0 radical (unpaired) electrons. The lowest BCUT2D eigenvalue weighted by atomic mass is 10.2. The van der Waals surface area contributed by atoms with Crippen molar-refractivity contribution in [1.29, 1.82) is 0 Å². The van der Waals surface area contributed by atoms with Crippen molar-refractivity contribution in [3.05, 3.63) is 45.8 Å². The van der Waals surface area contributed by atoms with Gasteiger partial charge in [-0.25, -0.2) is 9.78 Å². The first kappa shape index (κ1) is 19.1. The second kappa shape index (κ2) is 7.93. The largest absolute Gasteiger partial charge is 0.479 e. The molecule has 27 heavy (non-hydrogen) atoms. The Morgan fingerprint density at radius 3 is 2.89 bits per heavy atom. The fraction of sp³-hybridized carbons (Fsp3) is 0.222. The van der Waals surface area contributed by atoms with Crippen molar-refractivity contribution >= 4 is 51.4 Å². The van der Waals surface area contributed by atoms with Crippen LogP contribution in [-0.2, 0) is 9.59 Å². The van der Waals surface area contributed by atoms with Gasteiger partial charge in [0.1, 0.15) is 5.75 Å². The summed E-state index contributed by atoms with van der Waals surface area (Å²) < 4.78 is 5.37. The molecule has 1 saturated heterocycles. The van der Waals surface area contributed by atoms with Gasteiger partial charge in [-0.1, -0.05) is 12.1 Å². The summed E-state index contributed by atoms with van der Waals surface area (Å²) in [6.07, 6.45) is 0.777. The summed E-state index contributed by atoms with van der Waals surface area (Å²) in [7, 11) is 1.67. The Morgan fingerprint density at radius 1 is 1.44 bits per heavy atom. The normalized spacial score (nSPS) is 18.3. The zero-order chi connectivity index (χ0) is 19.6. The molecule has 7 nitrogen and oxygen atoms in total. The number of aryl methyl sites for hydroxylation is 1. The molecule has 1 atom stereocenters. The molecule has 2 aromatic rings. The summed E-state index contributed by atoms with van der Waals surface area (Å²) in [6.45, 7) is 3.35. The summed E-state index contributed by atoms with van der Waals surface area (Å²) in [5.74, 6) is -0.771. The second-order valence-corrected chi connectivity index (χ2v) is 7.66. The molecule has 9 heteroatoms. The maximum Gasteiger partial charge on any atom is 0.344 e. The molecule has 1 unspecified atom stereocenters. The summed E-state index contributed by atoms with van der Waals surface area (Å²) in [5, 5.41) is 12.0. The standard InChI is InChI=1S/C18H17N3O4S2/c1-10-9-26-17(19-10)20-18-21(3)15(22)14(27-18)8-12-5-4-6-13(7-12)25-11(2)16(23)24/h4-9,11H,1-3H3,(H,23,24)/b14-8+,20-18+. The third kappa shape index (κ3) is 4.55. The zero-order valence-electron chi connectivity index (χ0n) is 14.9. The fourth-order valence-corrected chi connectivity index (χ4v) is 3.90. The molecule has 1 aliphatic heterocycles. The molecule has 1 amide bonds. The predicted molar refractivity (Wildman–Crippen MR) is 106 cm³/mol. The lowest BCUT2D eigenvalue weighted by Gasteiger charge is -2.10. The molecule has 140 valence electrons. The number of ether oxygens (including phenoxy) is 1. The lowest BCUT2D eigenvalue weighted by molar-refractivity contribution is -0.144. The molecule has 0 bridgehead atoms. The van der Waals surface area contributed by atoms with E-state index in [0.29, 0.717) is 21.0 Å². The van der Waals surface area contributed by atoms with Crippen LogP contribution in [-0.4, -0.2) is 45.2 Å². The number of aliphatic imine (C=N–C) groups is 1. The molecule has 1 aromatic heterocycles. The number of hydrogen-bond acceptors (Lipinski definition) is 7. The highest BCUT2D eigenvalue weighted by Gasteiger charge is 2.30. The Kier molecular flexibility index (Phi) is 5.62. The van der Waals surface area contributed by atoms with Gasteiger partial charge >= 0.3 is 5.97 Å². The van der Waals surface area contributed by atoms with Crippen molar-refractivity contribution in [2.24, 2.45) is 4.99 Å². The SMILES string of the molecule is Cc1csc(/N=C2/S/C(=C/c3cccc(OC(C)C(=O)O)c3)C(=O)N2C)n1. The third-order valence-corrected chi connectivity index (χ3v) is 5.53. The number of rotatable bonds is 5. The van der Waals surface area contributed by atoms with Gasteiger partial charge < -0.3 is 9.84 Å². The van der Waals surface area contributed by atoms with Gasteiger partial charge in [0.2, 0.25) is 5.13 Å². The Bertz CT molecular complexity index is 952. The van der Waals surface area contributed by atoms with Crippen LogP contribution in [0.25, 0.3) is 6.08 Å².